The Bertz CT molecular complexity index is 533. The molecular formula is C15H22Cl2FN3O2. The molecule has 23 heavy (non-hydrogen) atoms. The third-order valence-electron chi connectivity index (χ3n) is 3.95. The highest BCUT2D eigenvalue weighted by Gasteiger charge is 2.28. The maximum absolute atomic E-state index is 13.0. The average molecular weight is 366 g/mol. The van der Waals surface area contributed by atoms with Crippen LogP contribution in [-0.4, -0.2) is 49.7 Å². The van der Waals surface area contributed by atoms with Crippen molar-refractivity contribution in [3.63, 3.8) is 0 Å². The molecule has 0 saturated carbocycles. The van der Waals surface area contributed by atoms with Gasteiger partial charge in [-0.25, -0.2) is 4.39 Å². The van der Waals surface area contributed by atoms with Crippen LogP contribution in [0.3, 0.4) is 0 Å². The summed E-state index contributed by atoms with van der Waals surface area (Å²) in [5, 5.41) is 2.89. The molecule has 1 amide bonds. The monoisotopic (exact) mass is 365 g/mol. The van der Waals surface area contributed by atoms with Crippen molar-refractivity contribution in [2.75, 3.05) is 32.1 Å². The van der Waals surface area contributed by atoms with Gasteiger partial charge in [0.05, 0.1) is 23.4 Å². The summed E-state index contributed by atoms with van der Waals surface area (Å²) >= 11 is 5.91. The molecule has 0 radical (unpaired) electrons. The normalized spacial score (nSPS) is 21.6. The number of hydrogen-bond donors (Lipinski definition) is 2. The quantitative estimate of drug-likeness (QED) is 0.839. The van der Waals surface area contributed by atoms with Crippen LogP contribution < -0.4 is 11.1 Å². The average Bonchev–Trinajstić information content (AvgIpc) is 2.50. The van der Waals surface area contributed by atoms with Gasteiger partial charge in [0.25, 0.3) is 0 Å². The first-order valence-corrected chi connectivity index (χ1v) is 7.63. The van der Waals surface area contributed by atoms with E-state index in [1.54, 1.807) is 7.11 Å². The van der Waals surface area contributed by atoms with E-state index in [1.165, 1.54) is 18.2 Å². The third-order valence-corrected chi connectivity index (χ3v) is 4.26. The molecule has 3 N–H and O–H groups in total. The Morgan fingerprint density at radius 1 is 1.57 bits per heavy atom. The Morgan fingerprint density at radius 3 is 2.91 bits per heavy atom. The van der Waals surface area contributed by atoms with E-state index >= 15 is 0 Å². The fourth-order valence-electron chi connectivity index (χ4n) is 2.70. The number of nitrogens with one attached hydrogen (secondary N) is 1. The molecule has 1 aromatic carbocycles. The van der Waals surface area contributed by atoms with Gasteiger partial charge in [-0.2, -0.15) is 0 Å². The first-order chi connectivity index (χ1) is 10.5. The lowest BCUT2D eigenvalue weighted by Gasteiger charge is -2.37. The highest BCUT2D eigenvalue weighted by atomic mass is 35.5. The summed E-state index contributed by atoms with van der Waals surface area (Å²) in [6.45, 7) is 1.46. The largest absolute Gasteiger partial charge is 0.381 e. The zero-order chi connectivity index (χ0) is 16.1. The van der Waals surface area contributed by atoms with Crippen molar-refractivity contribution in [3.8, 4) is 0 Å². The van der Waals surface area contributed by atoms with Gasteiger partial charge in [0.15, 0.2) is 0 Å². The van der Waals surface area contributed by atoms with E-state index < -0.39 is 5.82 Å². The Kier molecular flexibility index (Phi) is 8.22. The van der Waals surface area contributed by atoms with E-state index in [9.17, 15) is 9.18 Å². The van der Waals surface area contributed by atoms with Crippen molar-refractivity contribution < 1.29 is 13.9 Å². The van der Waals surface area contributed by atoms with Gasteiger partial charge in [-0.3, -0.25) is 9.69 Å². The molecule has 0 aromatic heterocycles. The minimum absolute atomic E-state index is 0. The first kappa shape index (κ1) is 20.1. The molecule has 2 rings (SSSR count). The van der Waals surface area contributed by atoms with E-state index in [0.717, 1.165) is 19.4 Å². The van der Waals surface area contributed by atoms with Crippen molar-refractivity contribution in [2.24, 2.45) is 5.73 Å². The number of hydrogen-bond acceptors (Lipinski definition) is 4. The van der Waals surface area contributed by atoms with Crippen molar-refractivity contribution in [1.29, 1.82) is 0 Å². The number of amides is 1. The Morgan fingerprint density at radius 2 is 2.30 bits per heavy atom. The first-order valence-electron chi connectivity index (χ1n) is 7.25. The molecule has 1 aliphatic rings. The van der Waals surface area contributed by atoms with Crippen LogP contribution in [0.2, 0.25) is 5.02 Å². The number of nitrogens with two attached hydrogens (primary N) is 1. The van der Waals surface area contributed by atoms with Crippen LogP contribution in [0.1, 0.15) is 12.8 Å². The van der Waals surface area contributed by atoms with E-state index in [1.807, 2.05) is 4.90 Å². The molecule has 8 heteroatoms. The van der Waals surface area contributed by atoms with Crippen LogP contribution in [0, 0.1) is 5.82 Å². The van der Waals surface area contributed by atoms with Crippen LogP contribution in [0.5, 0.6) is 0 Å². The number of carbonyl (C=O) groups is 1. The van der Waals surface area contributed by atoms with Crippen molar-refractivity contribution >= 4 is 35.6 Å². The number of carbonyl (C=O) groups excluding carboxylic acids is 1. The van der Waals surface area contributed by atoms with E-state index in [-0.39, 0.29) is 42.0 Å². The molecule has 1 heterocycles. The lowest BCUT2D eigenvalue weighted by atomic mass is 9.99. The number of piperidine rings is 1. The number of methoxy groups -OCH3 is 1. The molecule has 1 saturated heterocycles. The van der Waals surface area contributed by atoms with Gasteiger partial charge in [0.1, 0.15) is 5.82 Å². The number of nitrogens with zero attached hydrogens (tertiary/aromatic N) is 1. The van der Waals surface area contributed by atoms with Gasteiger partial charge in [-0.05, 0) is 31.0 Å². The second kappa shape index (κ2) is 9.39. The Hall–Kier alpha value is -0.920. The van der Waals surface area contributed by atoms with Crippen LogP contribution >= 0.6 is 24.0 Å². The smallest absolute Gasteiger partial charge is 0.238 e. The molecule has 0 bridgehead atoms. The van der Waals surface area contributed by atoms with Gasteiger partial charge in [-0.1, -0.05) is 11.6 Å². The fourth-order valence-corrected chi connectivity index (χ4v) is 2.91. The number of likely N-dealkylation sites (tertiary alicyclic amines) is 1. The SMILES string of the molecule is COC1CCN(CC(=O)Nc2ccc(F)cc2Cl)C(CN)C1.Cl. The molecule has 0 spiro atoms. The number of ether oxygens (including phenoxy) is 1. The number of benzene rings is 1. The third kappa shape index (κ3) is 5.58. The molecule has 1 aliphatic heterocycles. The topological polar surface area (TPSA) is 67.6 Å². The van der Waals surface area contributed by atoms with Gasteiger partial charge in [-0.15, -0.1) is 12.4 Å². The van der Waals surface area contributed by atoms with Crippen molar-refractivity contribution in [1.82, 2.24) is 4.90 Å². The summed E-state index contributed by atoms with van der Waals surface area (Å²) in [5.41, 5.74) is 6.19. The van der Waals surface area contributed by atoms with Crippen LogP contribution in [0.25, 0.3) is 0 Å². The second-order valence-electron chi connectivity index (χ2n) is 5.41. The second-order valence-corrected chi connectivity index (χ2v) is 5.82. The highest BCUT2D eigenvalue weighted by molar-refractivity contribution is 6.33. The van der Waals surface area contributed by atoms with E-state index in [4.69, 9.17) is 22.1 Å². The Labute approximate surface area is 146 Å². The summed E-state index contributed by atoms with van der Waals surface area (Å²) in [6.07, 6.45) is 1.88. The van der Waals surface area contributed by atoms with Crippen LogP contribution in [-0.2, 0) is 9.53 Å². The summed E-state index contributed by atoms with van der Waals surface area (Å²) < 4.78 is 18.4. The predicted molar refractivity (Wildman–Crippen MR) is 91.7 cm³/mol. The molecule has 130 valence electrons. The van der Waals surface area contributed by atoms with Crippen LogP contribution in [0.15, 0.2) is 18.2 Å². The minimum atomic E-state index is -0.437. The molecule has 2 unspecified atom stereocenters. The number of halogens is 3. The molecule has 2 atom stereocenters. The number of rotatable bonds is 5. The lowest BCUT2D eigenvalue weighted by molar-refractivity contribution is -0.118. The van der Waals surface area contributed by atoms with Crippen molar-refractivity contribution in [3.05, 3.63) is 29.0 Å². The lowest BCUT2D eigenvalue weighted by Crippen LogP contribution is -2.50. The summed E-state index contributed by atoms with van der Waals surface area (Å²) in [5.74, 6) is -0.629. The van der Waals surface area contributed by atoms with Gasteiger partial charge >= 0.3 is 0 Å². The highest BCUT2D eigenvalue weighted by Crippen LogP contribution is 2.23. The number of anilines is 1. The maximum Gasteiger partial charge on any atom is 0.238 e. The van der Waals surface area contributed by atoms with Gasteiger partial charge in [0.2, 0.25) is 5.91 Å². The Balaban J connectivity index is 0.00000264. The molecule has 1 aromatic rings. The minimum Gasteiger partial charge on any atom is -0.381 e. The zero-order valence-electron chi connectivity index (χ0n) is 12.9. The zero-order valence-corrected chi connectivity index (χ0v) is 14.5. The predicted octanol–water partition coefficient (Wildman–Crippen LogP) is 2.28. The van der Waals surface area contributed by atoms with E-state index in [2.05, 4.69) is 5.32 Å². The van der Waals surface area contributed by atoms with Gasteiger partial charge < -0.3 is 15.8 Å². The summed E-state index contributed by atoms with van der Waals surface area (Å²) in [7, 11) is 1.69. The van der Waals surface area contributed by atoms with Gasteiger partial charge in [0, 0.05) is 26.2 Å². The molecule has 5 nitrogen and oxygen atoms in total. The summed E-state index contributed by atoms with van der Waals surface area (Å²) in [4.78, 5) is 14.2. The fraction of sp³-hybridized carbons (Fsp3) is 0.533. The van der Waals surface area contributed by atoms with Crippen LogP contribution in [0.4, 0.5) is 10.1 Å². The molecule has 1 fully saturated rings. The molecular weight excluding hydrogens is 344 g/mol. The standard InChI is InChI=1S/C15H21ClFN3O2.ClH/c1-22-12-4-5-20(11(7-12)8-18)9-15(21)19-14-3-2-10(17)6-13(14)16;/h2-3,6,11-12H,4-5,7-9,18H2,1H3,(H,19,21);1H. The summed E-state index contributed by atoms with van der Waals surface area (Å²) in [6, 6.07) is 4.00. The van der Waals surface area contributed by atoms with E-state index in [0.29, 0.717) is 12.2 Å². The molecule has 0 aliphatic carbocycles. The van der Waals surface area contributed by atoms with Crippen molar-refractivity contribution in [2.45, 2.75) is 25.0 Å². The maximum atomic E-state index is 13.0.